The molecular weight excluding hydrogens is 452 g/mol. The van der Waals surface area contributed by atoms with E-state index in [9.17, 15) is 13.2 Å². The number of hydrogen-bond donors (Lipinski definition) is 0. The van der Waals surface area contributed by atoms with E-state index in [1.807, 2.05) is 28.5 Å². The van der Waals surface area contributed by atoms with Gasteiger partial charge in [0.1, 0.15) is 11.6 Å². The average molecular weight is 485 g/mol. The van der Waals surface area contributed by atoms with Gasteiger partial charge in [-0.05, 0) is 62.1 Å². The number of aryl methyl sites for hydroxylation is 3. The molecule has 1 aromatic heterocycles. The second-order valence-electron chi connectivity index (χ2n) is 8.77. The fourth-order valence-electron chi connectivity index (χ4n) is 4.70. The first kappa shape index (κ1) is 24.2. The first-order chi connectivity index (χ1) is 16.2. The lowest BCUT2D eigenvalue weighted by atomic mass is 9.96. The van der Waals surface area contributed by atoms with Crippen LogP contribution in [-0.4, -0.2) is 55.9 Å². The maximum Gasteiger partial charge on any atom is 0.242 e. The quantitative estimate of drug-likeness (QED) is 0.512. The van der Waals surface area contributed by atoms with Gasteiger partial charge in [-0.3, -0.25) is 4.79 Å². The summed E-state index contributed by atoms with van der Waals surface area (Å²) in [4.78, 5) is 20.1. The molecule has 0 saturated carbocycles. The van der Waals surface area contributed by atoms with Crippen molar-refractivity contribution in [2.24, 2.45) is 0 Å². The molecule has 1 amide bonds. The van der Waals surface area contributed by atoms with Crippen LogP contribution in [0.4, 0.5) is 5.69 Å². The highest BCUT2D eigenvalue weighted by atomic mass is 32.2. The van der Waals surface area contributed by atoms with Gasteiger partial charge < -0.3 is 14.2 Å². The number of anilines is 1. The molecule has 2 heterocycles. The van der Waals surface area contributed by atoms with Crippen molar-refractivity contribution in [1.82, 2.24) is 13.9 Å². The lowest BCUT2D eigenvalue weighted by molar-refractivity contribution is -0.118. The van der Waals surface area contributed by atoms with Gasteiger partial charge >= 0.3 is 0 Å². The number of fused-ring (bicyclic) bond motifs is 2. The number of hydrogen-bond acceptors (Lipinski definition) is 5. The molecule has 4 rings (SSSR count). The smallest absolute Gasteiger partial charge is 0.242 e. The number of rotatable bonds is 7. The monoisotopic (exact) mass is 484 g/mol. The molecule has 3 aromatic rings. The zero-order valence-electron chi connectivity index (χ0n) is 20.5. The lowest BCUT2D eigenvalue weighted by Crippen LogP contribution is -2.36. The highest BCUT2D eigenvalue weighted by Crippen LogP contribution is 2.38. The Labute approximate surface area is 201 Å². The largest absolute Gasteiger partial charge is 0.495 e. The molecule has 0 saturated heterocycles. The van der Waals surface area contributed by atoms with E-state index in [2.05, 4.69) is 6.92 Å². The molecule has 0 aliphatic carbocycles. The SMILES string of the molecule is CCn1c(CCC(=O)N2CCCc3c(C)ccc(OC)c32)nc2cc(S(=O)(=O)N(C)C)ccc21. The van der Waals surface area contributed by atoms with Gasteiger partial charge in [0.15, 0.2) is 0 Å². The summed E-state index contributed by atoms with van der Waals surface area (Å²) in [5.74, 6) is 1.54. The Kier molecular flexibility index (Phi) is 6.69. The molecule has 8 nitrogen and oxygen atoms in total. The Hall–Kier alpha value is -2.91. The minimum Gasteiger partial charge on any atom is -0.495 e. The summed E-state index contributed by atoms with van der Waals surface area (Å²) in [7, 11) is 1.11. The maximum absolute atomic E-state index is 13.3. The zero-order valence-corrected chi connectivity index (χ0v) is 21.3. The second-order valence-corrected chi connectivity index (χ2v) is 10.9. The predicted molar refractivity (Wildman–Crippen MR) is 133 cm³/mol. The molecule has 182 valence electrons. The molecule has 0 N–H and O–H groups in total. The predicted octanol–water partition coefficient (Wildman–Crippen LogP) is 3.54. The van der Waals surface area contributed by atoms with Crippen molar-refractivity contribution in [2.45, 2.75) is 51.0 Å². The number of carbonyl (C=O) groups excluding carboxylic acids is 1. The topological polar surface area (TPSA) is 84.7 Å². The van der Waals surface area contributed by atoms with Crippen molar-refractivity contribution in [3.05, 3.63) is 47.3 Å². The molecule has 0 fully saturated rings. The van der Waals surface area contributed by atoms with Gasteiger partial charge in [0.05, 0.1) is 28.7 Å². The first-order valence-corrected chi connectivity index (χ1v) is 13.0. The fraction of sp³-hybridized carbons (Fsp3) is 0.440. The number of ether oxygens (including phenoxy) is 1. The molecule has 1 aliphatic heterocycles. The van der Waals surface area contributed by atoms with Crippen molar-refractivity contribution >= 4 is 32.7 Å². The Morgan fingerprint density at radius 2 is 1.97 bits per heavy atom. The number of benzene rings is 2. The van der Waals surface area contributed by atoms with Crippen molar-refractivity contribution in [3.63, 3.8) is 0 Å². The summed E-state index contributed by atoms with van der Waals surface area (Å²) in [6.07, 6.45) is 2.63. The van der Waals surface area contributed by atoms with Gasteiger partial charge in [-0.25, -0.2) is 17.7 Å². The van der Waals surface area contributed by atoms with Gasteiger partial charge in [0.25, 0.3) is 0 Å². The molecular formula is C25H32N4O4S. The van der Waals surface area contributed by atoms with E-state index in [0.29, 0.717) is 31.4 Å². The number of carbonyl (C=O) groups is 1. The van der Waals surface area contributed by atoms with Crippen LogP contribution < -0.4 is 9.64 Å². The summed E-state index contributed by atoms with van der Waals surface area (Å²) >= 11 is 0. The van der Waals surface area contributed by atoms with Crippen LogP contribution in [0.5, 0.6) is 5.75 Å². The summed E-state index contributed by atoms with van der Waals surface area (Å²) < 4.78 is 33.9. The Balaban J connectivity index is 1.61. The van der Waals surface area contributed by atoms with E-state index in [1.165, 1.54) is 29.5 Å². The van der Waals surface area contributed by atoms with Crippen molar-refractivity contribution in [1.29, 1.82) is 0 Å². The van der Waals surface area contributed by atoms with Crippen LogP contribution in [0.1, 0.15) is 36.7 Å². The van der Waals surface area contributed by atoms with E-state index in [1.54, 1.807) is 25.3 Å². The van der Waals surface area contributed by atoms with E-state index < -0.39 is 10.0 Å². The molecule has 1 aliphatic rings. The minimum atomic E-state index is -3.55. The number of methoxy groups -OCH3 is 1. The summed E-state index contributed by atoms with van der Waals surface area (Å²) in [5.41, 5.74) is 4.72. The van der Waals surface area contributed by atoms with E-state index in [0.717, 1.165) is 35.6 Å². The number of amides is 1. The van der Waals surface area contributed by atoms with E-state index >= 15 is 0 Å². The molecule has 9 heteroatoms. The third kappa shape index (κ3) is 4.18. The van der Waals surface area contributed by atoms with Crippen molar-refractivity contribution in [3.8, 4) is 5.75 Å². The Bertz CT molecular complexity index is 1340. The molecule has 0 bridgehead atoms. The standard InChI is InChI=1S/C25H32N4O4S/c1-6-28-21-11-10-18(34(31,32)27(3)4)16-20(21)26-23(28)13-14-24(30)29-15-7-8-19-17(2)9-12-22(33-5)25(19)29/h9-12,16H,6-8,13-15H2,1-5H3. The number of nitrogens with zero attached hydrogens (tertiary/aromatic N) is 4. The lowest BCUT2D eigenvalue weighted by Gasteiger charge is -2.32. The average Bonchev–Trinajstić information content (AvgIpc) is 3.19. The number of aromatic nitrogens is 2. The van der Waals surface area contributed by atoms with Crippen LogP contribution in [0.25, 0.3) is 11.0 Å². The number of sulfonamides is 1. The highest BCUT2D eigenvalue weighted by molar-refractivity contribution is 7.89. The van der Waals surface area contributed by atoms with Gasteiger partial charge in [-0.2, -0.15) is 0 Å². The fourth-order valence-corrected chi connectivity index (χ4v) is 5.62. The summed E-state index contributed by atoms with van der Waals surface area (Å²) in [6, 6.07) is 8.98. The third-order valence-corrected chi connectivity index (χ3v) is 8.35. The molecule has 2 aromatic carbocycles. The summed E-state index contributed by atoms with van der Waals surface area (Å²) in [5, 5.41) is 0. The Morgan fingerprint density at radius 3 is 2.65 bits per heavy atom. The minimum absolute atomic E-state index is 0.0374. The van der Waals surface area contributed by atoms with Gasteiger partial charge in [-0.1, -0.05) is 6.07 Å². The zero-order chi connectivity index (χ0) is 24.6. The van der Waals surface area contributed by atoms with Crippen LogP contribution in [0, 0.1) is 6.92 Å². The van der Waals surface area contributed by atoms with Crippen LogP contribution in [0.3, 0.4) is 0 Å². The Morgan fingerprint density at radius 1 is 1.21 bits per heavy atom. The van der Waals surface area contributed by atoms with Crippen molar-refractivity contribution in [2.75, 3.05) is 32.6 Å². The van der Waals surface area contributed by atoms with E-state index in [4.69, 9.17) is 9.72 Å². The van der Waals surface area contributed by atoms with E-state index in [-0.39, 0.29) is 10.8 Å². The van der Waals surface area contributed by atoms with Gasteiger partial charge in [0, 0.05) is 40.0 Å². The first-order valence-electron chi connectivity index (χ1n) is 11.6. The van der Waals surface area contributed by atoms with Crippen LogP contribution in [-0.2, 0) is 34.2 Å². The molecule has 0 radical (unpaired) electrons. The third-order valence-electron chi connectivity index (χ3n) is 6.54. The van der Waals surface area contributed by atoms with Crippen molar-refractivity contribution < 1.29 is 17.9 Å². The summed E-state index contributed by atoms with van der Waals surface area (Å²) in [6.45, 7) is 5.44. The molecule has 0 atom stereocenters. The molecule has 0 spiro atoms. The molecule has 34 heavy (non-hydrogen) atoms. The highest BCUT2D eigenvalue weighted by Gasteiger charge is 2.27. The molecule has 0 unspecified atom stereocenters. The van der Waals surface area contributed by atoms with Gasteiger partial charge in [0.2, 0.25) is 15.9 Å². The normalized spacial score (nSPS) is 14.0. The van der Waals surface area contributed by atoms with Gasteiger partial charge in [-0.15, -0.1) is 0 Å². The van der Waals surface area contributed by atoms with Crippen LogP contribution >= 0.6 is 0 Å². The number of imidazole rings is 1. The second kappa shape index (κ2) is 9.38. The maximum atomic E-state index is 13.3. The van der Waals surface area contributed by atoms with Crippen LogP contribution in [0.2, 0.25) is 0 Å². The van der Waals surface area contributed by atoms with Crippen LogP contribution in [0.15, 0.2) is 35.2 Å².